The fraction of sp³-hybridized carbons (Fsp3) is 0.600. The van der Waals surface area contributed by atoms with Crippen molar-refractivity contribution < 1.29 is 17.6 Å². The highest BCUT2D eigenvalue weighted by Gasteiger charge is 2.24. The van der Waals surface area contributed by atoms with Crippen LogP contribution < -0.4 is 0 Å². The predicted octanol–water partition coefficient (Wildman–Crippen LogP) is 3.21. The SMILES string of the molecule is [B]P(I)CC(=C)CCO[B-](F)(F)F. The van der Waals surface area contributed by atoms with Crippen molar-refractivity contribution in [1.29, 1.82) is 0 Å². The average Bonchev–Trinajstić information content (AvgIpc) is 1.81. The second-order valence-corrected chi connectivity index (χ2v) is 7.28. The molecule has 8 heteroatoms. The molecule has 1 unspecified atom stereocenters. The van der Waals surface area contributed by atoms with E-state index in [0.717, 1.165) is 0 Å². The fourth-order valence-electron chi connectivity index (χ4n) is 0.630. The minimum Gasteiger partial charge on any atom is -0.508 e. The Morgan fingerprint density at radius 3 is 2.46 bits per heavy atom. The van der Waals surface area contributed by atoms with E-state index in [1.807, 2.05) is 22.0 Å². The van der Waals surface area contributed by atoms with E-state index in [-0.39, 0.29) is 13.0 Å². The van der Waals surface area contributed by atoms with Crippen molar-refractivity contribution in [2.24, 2.45) is 0 Å². The van der Waals surface area contributed by atoms with E-state index in [9.17, 15) is 12.9 Å². The van der Waals surface area contributed by atoms with Crippen LogP contribution in [0.15, 0.2) is 12.2 Å². The van der Waals surface area contributed by atoms with Crippen molar-refractivity contribution in [2.45, 2.75) is 6.42 Å². The van der Waals surface area contributed by atoms with Gasteiger partial charge in [0.15, 0.2) is 0 Å². The lowest BCUT2D eigenvalue weighted by Crippen LogP contribution is -2.21. The van der Waals surface area contributed by atoms with E-state index in [1.165, 1.54) is 0 Å². The van der Waals surface area contributed by atoms with Gasteiger partial charge in [-0.2, -0.15) is 0 Å². The summed E-state index contributed by atoms with van der Waals surface area (Å²) in [7, 11) is 0.359. The smallest absolute Gasteiger partial charge is 0.508 e. The lowest BCUT2D eigenvalue weighted by molar-refractivity contribution is 0.179. The van der Waals surface area contributed by atoms with Gasteiger partial charge >= 0.3 is 7.18 Å². The third-order valence-electron chi connectivity index (χ3n) is 1.14. The van der Waals surface area contributed by atoms with E-state index in [1.54, 1.807) is 0 Å². The van der Waals surface area contributed by atoms with Crippen LogP contribution in [0.1, 0.15) is 6.42 Å². The van der Waals surface area contributed by atoms with Crippen LogP contribution in [-0.2, 0) is 4.65 Å². The second kappa shape index (κ2) is 6.30. The lowest BCUT2D eigenvalue weighted by atomic mass is 10.2. The molecule has 0 aliphatic rings. The first-order chi connectivity index (χ1) is 5.81. The molecule has 0 aromatic carbocycles. The van der Waals surface area contributed by atoms with Crippen LogP contribution in [0.25, 0.3) is 0 Å². The lowest BCUT2D eigenvalue weighted by Gasteiger charge is -2.16. The Hall–Kier alpha value is 0.780. The molecule has 0 rings (SSSR count). The van der Waals surface area contributed by atoms with Gasteiger partial charge in [0.25, 0.3) is 0 Å². The highest BCUT2D eigenvalue weighted by Crippen LogP contribution is 2.40. The van der Waals surface area contributed by atoms with Crippen molar-refractivity contribution in [3.63, 3.8) is 0 Å². The molecule has 0 amide bonds. The summed E-state index contributed by atoms with van der Waals surface area (Å²) in [6.45, 7) is 3.26. The summed E-state index contributed by atoms with van der Waals surface area (Å²) in [5.74, 6) is 0. The molecule has 0 aliphatic carbocycles. The molecule has 0 heterocycles. The first kappa shape index (κ1) is 13.8. The average molecular weight is 321 g/mol. The predicted molar refractivity (Wildman–Crippen MR) is 60.3 cm³/mol. The maximum atomic E-state index is 11.6. The molecule has 0 saturated carbocycles. The third kappa shape index (κ3) is 10.7. The first-order valence-corrected chi connectivity index (χ1v) is 7.86. The zero-order valence-corrected chi connectivity index (χ0v) is 9.90. The Balaban J connectivity index is 3.49. The molecule has 1 nitrogen and oxygen atoms in total. The summed E-state index contributed by atoms with van der Waals surface area (Å²) in [4.78, 5) is 0. The van der Waals surface area contributed by atoms with E-state index in [2.05, 4.69) is 11.2 Å². The Bertz CT molecular complexity index is 176. The number of halogens is 4. The normalized spacial score (nSPS) is 14.2. The Labute approximate surface area is 91.2 Å². The van der Waals surface area contributed by atoms with Crippen LogP contribution in [0, 0.1) is 0 Å². The van der Waals surface area contributed by atoms with Gasteiger partial charge in [0.2, 0.25) is 0 Å². The molecule has 74 valence electrons. The largest absolute Gasteiger partial charge is 0.637 e. The van der Waals surface area contributed by atoms with Gasteiger partial charge in [-0.05, 0) is 12.6 Å². The van der Waals surface area contributed by atoms with Gasteiger partial charge < -0.3 is 17.6 Å². The Kier molecular flexibility index (Phi) is 6.68. The second-order valence-electron chi connectivity index (χ2n) is 2.44. The molecule has 0 N–H and O–H groups in total. The molecule has 0 bridgehead atoms. The summed E-state index contributed by atoms with van der Waals surface area (Å²) < 4.78 is 38.3. The van der Waals surface area contributed by atoms with Gasteiger partial charge in [-0.15, -0.1) is 0 Å². The first-order valence-electron chi connectivity index (χ1n) is 3.48. The molecule has 0 fully saturated rings. The quantitative estimate of drug-likeness (QED) is 0.316. The minimum absolute atomic E-state index is 0.223. The monoisotopic (exact) mass is 321 g/mol. The van der Waals surface area contributed by atoms with E-state index < -0.39 is 12.6 Å². The maximum Gasteiger partial charge on any atom is 0.637 e. The van der Waals surface area contributed by atoms with Gasteiger partial charge in [0.05, 0.1) is 0 Å². The van der Waals surface area contributed by atoms with Crippen molar-refractivity contribution in [3.8, 4) is 0 Å². The van der Waals surface area contributed by atoms with Crippen molar-refractivity contribution >= 4 is 42.2 Å². The molecule has 0 saturated heterocycles. The van der Waals surface area contributed by atoms with Gasteiger partial charge in [0.1, 0.15) is 7.57 Å². The molecular weight excluding hydrogens is 313 g/mol. The summed E-state index contributed by atoms with van der Waals surface area (Å²) in [6, 6.07) is 0. The van der Waals surface area contributed by atoms with Crippen molar-refractivity contribution in [1.82, 2.24) is 0 Å². The summed E-state index contributed by atoms with van der Waals surface area (Å²) in [5, 5.41) is 0. The van der Waals surface area contributed by atoms with Gasteiger partial charge in [-0.25, -0.2) is 0 Å². The van der Waals surface area contributed by atoms with E-state index >= 15 is 0 Å². The zero-order valence-electron chi connectivity index (χ0n) is 6.85. The molecule has 1 atom stereocenters. The standard InChI is InChI=1S/C5H8B2F3IOP/c1-5(4-13(6)11)2-3-12-7(8,9)10/h1-4H2/q-1. The maximum absolute atomic E-state index is 11.6. The topological polar surface area (TPSA) is 9.23 Å². The zero-order chi connectivity index (χ0) is 10.5. The van der Waals surface area contributed by atoms with Crippen LogP contribution >= 0.6 is 27.5 Å². The van der Waals surface area contributed by atoms with Gasteiger partial charge in [-0.1, -0.05) is 39.6 Å². The van der Waals surface area contributed by atoms with Gasteiger partial charge in [-0.3, -0.25) is 0 Å². The summed E-state index contributed by atoms with van der Waals surface area (Å²) in [5.41, 5.74) is 0.0654. The van der Waals surface area contributed by atoms with Crippen LogP contribution in [-0.4, -0.2) is 27.5 Å². The molecular formula is C5H8B2F3IOP-. The molecule has 2 radical (unpaired) electrons. The van der Waals surface area contributed by atoms with E-state index in [4.69, 9.17) is 7.57 Å². The summed E-state index contributed by atoms with van der Waals surface area (Å²) >= 11 is 2.05. The number of rotatable bonds is 6. The van der Waals surface area contributed by atoms with Gasteiger partial charge in [0, 0.05) is 6.61 Å². The molecule has 0 aliphatic heterocycles. The number of hydrogen-bond acceptors (Lipinski definition) is 1. The Morgan fingerprint density at radius 1 is 1.54 bits per heavy atom. The molecule has 13 heavy (non-hydrogen) atoms. The van der Waals surface area contributed by atoms with Crippen LogP contribution in [0.5, 0.6) is 0 Å². The Morgan fingerprint density at radius 2 is 2.08 bits per heavy atom. The van der Waals surface area contributed by atoms with Crippen LogP contribution in [0.2, 0.25) is 0 Å². The highest BCUT2D eigenvalue weighted by atomic mass is 127. The molecule has 0 aromatic rings. The van der Waals surface area contributed by atoms with E-state index in [0.29, 0.717) is 11.7 Å². The van der Waals surface area contributed by atoms with Crippen molar-refractivity contribution in [3.05, 3.63) is 12.2 Å². The molecule has 0 aromatic heterocycles. The minimum atomic E-state index is -5.12. The fourth-order valence-corrected chi connectivity index (χ4v) is 2.66. The van der Waals surface area contributed by atoms with Crippen LogP contribution in [0.4, 0.5) is 12.9 Å². The summed E-state index contributed by atoms with van der Waals surface area (Å²) in [6.07, 6.45) is 0.810. The number of hydrogen-bond donors (Lipinski definition) is 0. The third-order valence-corrected chi connectivity index (χ3v) is 2.91. The van der Waals surface area contributed by atoms with Crippen molar-refractivity contribution in [2.75, 3.05) is 12.8 Å². The molecule has 0 spiro atoms. The highest BCUT2D eigenvalue weighted by molar-refractivity contribution is 14.2. The van der Waals surface area contributed by atoms with Crippen LogP contribution in [0.3, 0.4) is 0 Å².